The first-order chi connectivity index (χ1) is 10.1. The molecular formula is C17H27N3O. The van der Waals surface area contributed by atoms with Gasteiger partial charge in [0.1, 0.15) is 0 Å². The van der Waals surface area contributed by atoms with Crippen molar-refractivity contribution in [1.82, 2.24) is 10.3 Å². The highest BCUT2D eigenvalue weighted by molar-refractivity contribution is 5.99. The smallest absolute Gasteiger partial charge is 0.255 e. The highest BCUT2D eigenvalue weighted by atomic mass is 16.1. The van der Waals surface area contributed by atoms with E-state index in [1.807, 2.05) is 6.07 Å². The molecule has 1 amide bonds. The Balaban J connectivity index is 2.00. The standard InChI is InChI=1S/C17H27N3O/c1-4-8-19-16-7-9-18-11-15(16)17(21)20-14-6-5-12(2)13(3)10-14/h7,9,11-14H,4-6,8,10H2,1-3H3,(H,18,19)(H,20,21). The van der Waals surface area contributed by atoms with Crippen LogP contribution in [-0.4, -0.2) is 23.5 Å². The second-order valence-corrected chi connectivity index (χ2v) is 6.29. The van der Waals surface area contributed by atoms with E-state index < -0.39 is 0 Å². The second kappa shape index (κ2) is 7.43. The molecule has 2 N–H and O–H groups in total. The van der Waals surface area contributed by atoms with E-state index in [4.69, 9.17) is 0 Å². The molecule has 1 aliphatic carbocycles. The zero-order valence-corrected chi connectivity index (χ0v) is 13.4. The molecule has 0 bridgehead atoms. The summed E-state index contributed by atoms with van der Waals surface area (Å²) in [6, 6.07) is 2.17. The number of carbonyl (C=O) groups is 1. The predicted molar refractivity (Wildman–Crippen MR) is 86.5 cm³/mol. The molecule has 0 saturated heterocycles. The number of pyridine rings is 1. The summed E-state index contributed by atoms with van der Waals surface area (Å²) in [6.45, 7) is 7.55. The van der Waals surface area contributed by atoms with E-state index in [2.05, 4.69) is 36.4 Å². The first-order valence-electron chi connectivity index (χ1n) is 8.10. The molecule has 116 valence electrons. The summed E-state index contributed by atoms with van der Waals surface area (Å²) < 4.78 is 0. The van der Waals surface area contributed by atoms with E-state index in [0.717, 1.165) is 37.4 Å². The summed E-state index contributed by atoms with van der Waals surface area (Å²) in [7, 11) is 0. The van der Waals surface area contributed by atoms with Gasteiger partial charge in [-0.05, 0) is 43.6 Å². The maximum atomic E-state index is 12.5. The molecule has 0 aromatic carbocycles. The molecule has 1 aliphatic rings. The SMILES string of the molecule is CCCNc1ccncc1C(=O)NC1CCC(C)C(C)C1. The molecule has 1 saturated carbocycles. The Morgan fingerprint density at radius 2 is 2.14 bits per heavy atom. The highest BCUT2D eigenvalue weighted by Crippen LogP contribution is 2.29. The zero-order valence-electron chi connectivity index (χ0n) is 13.4. The highest BCUT2D eigenvalue weighted by Gasteiger charge is 2.26. The van der Waals surface area contributed by atoms with Crippen LogP contribution in [0.1, 0.15) is 56.8 Å². The Labute approximate surface area is 127 Å². The third-order valence-corrected chi connectivity index (χ3v) is 4.56. The van der Waals surface area contributed by atoms with Gasteiger partial charge in [-0.3, -0.25) is 9.78 Å². The van der Waals surface area contributed by atoms with Crippen LogP contribution in [-0.2, 0) is 0 Å². The van der Waals surface area contributed by atoms with E-state index in [9.17, 15) is 4.79 Å². The molecule has 0 radical (unpaired) electrons. The normalized spacial score (nSPS) is 25.4. The van der Waals surface area contributed by atoms with Gasteiger partial charge < -0.3 is 10.6 Å². The molecule has 21 heavy (non-hydrogen) atoms. The topological polar surface area (TPSA) is 54.0 Å². The zero-order chi connectivity index (χ0) is 15.2. The van der Waals surface area contributed by atoms with Crippen LogP contribution in [0.2, 0.25) is 0 Å². The van der Waals surface area contributed by atoms with Crippen molar-refractivity contribution in [3.05, 3.63) is 24.0 Å². The van der Waals surface area contributed by atoms with Crippen LogP contribution in [0, 0.1) is 11.8 Å². The van der Waals surface area contributed by atoms with Crippen LogP contribution in [0.3, 0.4) is 0 Å². The van der Waals surface area contributed by atoms with Gasteiger partial charge in [0.15, 0.2) is 0 Å². The van der Waals surface area contributed by atoms with Gasteiger partial charge in [-0.25, -0.2) is 0 Å². The maximum absolute atomic E-state index is 12.5. The molecule has 0 aliphatic heterocycles. The number of amides is 1. The monoisotopic (exact) mass is 289 g/mol. The largest absolute Gasteiger partial charge is 0.384 e. The Bertz CT molecular complexity index is 475. The molecule has 4 nitrogen and oxygen atoms in total. The van der Waals surface area contributed by atoms with Gasteiger partial charge in [-0.15, -0.1) is 0 Å². The number of aromatic nitrogens is 1. The molecule has 3 atom stereocenters. The summed E-state index contributed by atoms with van der Waals surface area (Å²) in [5.41, 5.74) is 1.53. The summed E-state index contributed by atoms with van der Waals surface area (Å²) in [5, 5.41) is 6.48. The van der Waals surface area contributed by atoms with E-state index in [0.29, 0.717) is 17.5 Å². The van der Waals surface area contributed by atoms with Crippen molar-refractivity contribution in [2.24, 2.45) is 11.8 Å². The molecule has 1 heterocycles. The van der Waals surface area contributed by atoms with Crippen LogP contribution in [0.4, 0.5) is 5.69 Å². The molecule has 1 fully saturated rings. The molecule has 1 aromatic heterocycles. The molecule has 3 unspecified atom stereocenters. The van der Waals surface area contributed by atoms with Gasteiger partial charge in [0, 0.05) is 25.0 Å². The van der Waals surface area contributed by atoms with E-state index in [1.165, 1.54) is 6.42 Å². The fraction of sp³-hybridized carbons (Fsp3) is 0.647. The summed E-state index contributed by atoms with van der Waals surface area (Å²) in [4.78, 5) is 16.6. The number of anilines is 1. The van der Waals surface area contributed by atoms with Crippen molar-refractivity contribution in [2.75, 3.05) is 11.9 Å². The average molecular weight is 289 g/mol. The number of nitrogens with one attached hydrogen (secondary N) is 2. The van der Waals surface area contributed by atoms with Gasteiger partial charge in [-0.2, -0.15) is 0 Å². The quantitative estimate of drug-likeness (QED) is 0.873. The lowest BCUT2D eigenvalue weighted by Crippen LogP contribution is -2.40. The summed E-state index contributed by atoms with van der Waals surface area (Å²) in [5.74, 6) is 1.43. The fourth-order valence-electron chi connectivity index (χ4n) is 2.93. The molecule has 2 rings (SSSR count). The summed E-state index contributed by atoms with van der Waals surface area (Å²) in [6.07, 6.45) is 7.75. The minimum absolute atomic E-state index is 0.00606. The Hall–Kier alpha value is -1.58. The average Bonchev–Trinajstić information content (AvgIpc) is 2.49. The first kappa shape index (κ1) is 15.8. The van der Waals surface area contributed by atoms with Crippen molar-refractivity contribution < 1.29 is 4.79 Å². The maximum Gasteiger partial charge on any atom is 0.255 e. The van der Waals surface area contributed by atoms with Crippen LogP contribution >= 0.6 is 0 Å². The van der Waals surface area contributed by atoms with Gasteiger partial charge in [0.25, 0.3) is 5.91 Å². The molecule has 1 aromatic rings. The number of carbonyl (C=O) groups excluding carboxylic acids is 1. The van der Waals surface area contributed by atoms with Crippen LogP contribution in [0.15, 0.2) is 18.5 Å². The van der Waals surface area contributed by atoms with Crippen LogP contribution in [0.25, 0.3) is 0 Å². The van der Waals surface area contributed by atoms with Gasteiger partial charge in [0.2, 0.25) is 0 Å². The van der Waals surface area contributed by atoms with Gasteiger partial charge in [0.05, 0.1) is 11.3 Å². The van der Waals surface area contributed by atoms with Crippen molar-refractivity contribution in [2.45, 2.75) is 52.5 Å². The lowest BCUT2D eigenvalue weighted by Gasteiger charge is -2.32. The third kappa shape index (κ3) is 4.19. The predicted octanol–water partition coefficient (Wildman–Crippen LogP) is 3.46. The number of nitrogens with zero attached hydrogens (tertiary/aromatic N) is 1. The van der Waals surface area contributed by atoms with E-state index in [1.54, 1.807) is 12.4 Å². The van der Waals surface area contributed by atoms with Crippen molar-refractivity contribution >= 4 is 11.6 Å². The third-order valence-electron chi connectivity index (χ3n) is 4.56. The van der Waals surface area contributed by atoms with Crippen molar-refractivity contribution in [1.29, 1.82) is 0 Å². The van der Waals surface area contributed by atoms with Gasteiger partial charge >= 0.3 is 0 Å². The minimum Gasteiger partial charge on any atom is -0.384 e. The number of rotatable bonds is 5. The lowest BCUT2D eigenvalue weighted by atomic mass is 9.79. The van der Waals surface area contributed by atoms with Crippen molar-refractivity contribution in [3.8, 4) is 0 Å². The van der Waals surface area contributed by atoms with Gasteiger partial charge in [-0.1, -0.05) is 20.8 Å². The lowest BCUT2D eigenvalue weighted by molar-refractivity contribution is 0.0911. The molecule has 4 heteroatoms. The van der Waals surface area contributed by atoms with E-state index >= 15 is 0 Å². The Kier molecular flexibility index (Phi) is 5.59. The summed E-state index contributed by atoms with van der Waals surface area (Å²) >= 11 is 0. The second-order valence-electron chi connectivity index (χ2n) is 6.29. The van der Waals surface area contributed by atoms with E-state index in [-0.39, 0.29) is 5.91 Å². The molecule has 0 spiro atoms. The molecular weight excluding hydrogens is 262 g/mol. The fourth-order valence-corrected chi connectivity index (χ4v) is 2.93. The number of hydrogen-bond donors (Lipinski definition) is 2. The minimum atomic E-state index is -0.00606. The Morgan fingerprint density at radius 3 is 2.86 bits per heavy atom. The number of hydrogen-bond acceptors (Lipinski definition) is 3. The van der Waals surface area contributed by atoms with Crippen LogP contribution in [0.5, 0.6) is 0 Å². The van der Waals surface area contributed by atoms with Crippen molar-refractivity contribution in [3.63, 3.8) is 0 Å². The van der Waals surface area contributed by atoms with Crippen LogP contribution < -0.4 is 10.6 Å². The first-order valence-corrected chi connectivity index (χ1v) is 8.10. The Morgan fingerprint density at radius 1 is 1.33 bits per heavy atom.